The van der Waals surface area contributed by atoms with Crippen LogP contribution < -0.4 is 10.1 Å². The molecule has 0 saturated carbocycles. The highest BCUT2D eigenvalue weighted by molar-refractivity contribution is 6.74. The fraction of sp³-hybridized carbons (Fsp3) is 0.393. The lowest BCUT2D eigenvalue weighted by molar-refractivity contribution is 0.0842. The van der Waals surface area contributed by atoms with Gasteiger partial charge in [0.15, 0.2) is 13.9 Å². The normalized spacial score (nSPS) is 13.9. The Morgan fingerprint density at radius 2 is 1.95 bits per heavy atom. The largest absolute Gasteiger partial charge is 0.493 e. The monoisotopic (exact) mass is 520 g/mol. The highest BCUT2D eigenvalue weighted by atomic mass is 28.4. The fourth-order valence-corrected chi connectivity index (χ4v) is 5.24. The Labute approximate surface area is 218 Å². The highest BCUT2D eigenvalue weighted by Crippen LogP contribution is 2.37. The second kappa shape index (κ2) is 10.9. The van der Waals surface area contributed by atoms with Gasteiger partial charge in [-0.2, -0.15) is 0 Å². The molecule has 4 aromatic rings. The van der Waals surface area contributed by atoms with Gasteiger partial charge >= 0.3 is 0 Å². The lowest BCUT2D eigenvalue weighted by Gasteiger charge is -2.40. The molecule has 9 heteroatoms. The summed E-state index contributed by atoms with van der Waals surface area (Å²) >= 11 is 0. The minimum Gasteiger partial charge on any atom is -0.493 e. The summed E-state index contributed by atoms with van der Waals surface area (Å²) in [4.78, 5) is 24.2. The number of imidazole rings is 1. The number of hydrogen-bond donors (Lipinski definition) is 2. The average Bonchev–Trinajstić information content (AvgIpc) is 3.53. The zero-order chi connectivity index (χ0) is 26.6. The van der Waals surface area contributed by atoms with Crippen molar-refractivity contribution in [2.24, 2.45) is 0 Å². The van der Waals surface area contributed by atoms with Crippen molar-refractivity contribution in [2.75, 3.05) is 6.61 Å². The first-order valence-electron chi connectivity index (χ1n) is 12.6. The number of ether oxygens (including phenoxy) is 1. The predicted molar refractivity (Wildman–Crippen MR) is 147 cm³/mol. The second-order valence-electron chi connectivity index (χ2n) is 10.8. The molecule has 37 heavy (non-hydrogen) atoms. The van der Waals surface area contributed by atoms with E-state index in [1.807, 2.05) is 55.5 Å². The van der Waals surface area contributed by atoms with Crippen molar-refractivity contribution in [3.8, 4) is 17.2 Å². The standard InChI is InChI=1S/C28H36N4O4Si/c1-19(36-37(5,6)28(2,3)4)22(31-26(33)24-17-29-18-30-24)14-15-34-21-11-9-10-20(16-21)27-32-23-12-7-8-13-25(23)35-27/h7-13,16-19,22H,14-15H2,1-6H3,(H,29,30)(H,31,33)/t19-,22+/m0/s1. The van der Waals surface area contributed by atoms with Gasteiger partial charge in [0.2, 0.25) is 5.89 Å². The Morgan fingerprint density at radius 1 is 1.16 bits per heavy atom. The molecule has 2 heterocycles. The van der Waals surface area contributed by atoms with Gasteiger partial charge in [0, 0.05) is 12.0 Å². The Kier molecular flexibility index (Phi) is 7.84. The van der Waals surface area contributed by atoms with Crippen LogP contribution in [-0.4, -0.2) is 47.9 Å². The molecule has 4 rings (SSSR count). The summed E-state index contributed by atoms with van der Waals surface area (Å²) in [5.74, 6) is 1.04. The van der Waals surface area contributed by atoms with Crippen LogP contribution in [0.15, 0.2) is 65.5 Å². The Bertz CT molecular complexity index is 1290. The first-order chi connectivity index (χ1) is 17.5. The van der Waals surface area contributed by atoms with Crippen LogP contribution in [0.4, 0.5) is 0 Å². The van der Waals surface area contributed by atoms with Crippen molar-refractivity contribution in [3.63, 3.8) is 0 Å². The molecule has 196 valence electrons. The van der Waals surface area contributed by atoms with Crippen LogP contribution in [0.2, 0.25) is 18.1 Å². The highest BCUT2D eigenvalue weighted by Gasteiger charge is 2.40. The van der Waals surface area contributed by atoms with Gasteiger partial charge in [0.05, 0.1) is 31.3 Å². The van der Waals surface area contributed by atoms with Crippen molar-refractivity contribution < 1.29 is 18.4 Å². The smallest absolute Gasteiger partial charge is 0.269 e. The molecule has 0 saturated heterocycles. The Balaban J connectivity index is 1.44. The van der Waals surface area contributed by atoms with Crippen molar-refractivity contribution in [1.82, 2.24) is 20.3 Å². The minimum atomic E-state index is -2.04. The third-order valence-corrected chi connectivity index (χ3v) is 11.6. The molecule has 0 unspecified atom stereocenters. The fourth-order valence-electron chi connectivity index (χ4n) is 3.79. The number of fused-ring (bicyclic) bond motifs is 1. The number of carbonyl (C=O) groups excluding carboxylic acids is 1. The van der Waals surface area contributed by atoms with E-state index >= 15 is 0 Å². The molecule has 2 aromatic carbocycles. The molecule has 0 spiro atoms. The molecule has 0 aliphatic rings. The number of aromatic amines is 1. The number of H-pyrrole nitrogens is 1. The molecule has 0 radical (unpaired) electrons. The van der Waals surface area contributed by atoms with Gasteiger partial charge in [0.25, 0.3) is 5.91 Å². The number of rotatable bonds is 10. The van der Waals surface area contributed by atoms with Crippen LogP contribution in [0, 0.1) is 0 Å². The predicted octanol–water partition coefficient (Wildman–Crippen LogP) is 6.20. The molecular formula is C28H36N4O4Si. The molecule has 0 fully saturated rings. The van der Waals surface area contributed by atoms with Crippen LogP contribution in [0.1, 0.15) is 44.6 Å². The van der Waals surface area contributed by atoms with E-state index in [1.165, 1.54) is 12.5 Å². The number of para-hydroxylation sites is 2. The molecule has 0 aliphatic carbocycles. The van der Waals surface area contributed by atoms with E-state index in [2.05, 4.69) is 54.1 Å². The first kappa shape index (κ1) is 26.6. The number of oxazole rings is 1. The third kappa shape index (κ3) is 6.47. The topological polar surface area (TPSA) is 102 Å². The quantitative estimate of drug-likeness (QED) is 0.242. The van der Waals surface area contributed by atoms with Crippen molar-refractivity contribution in [3.05, 3.63) is 66.7 Å². The van der Waals surface area contributed by atoms with Crippen LogP contribution in [0.3, 0.4) is 0 Å². The van der Waals surface area contributed by atoms with E-state index < -0.39 is 8.32 Å². The van der Waals surface area contributed by atoms with Crippen molar-refractivity contribution >= 4 is 25.3 Å². The average molecular weight is 521 g/mol. The van der Waals surface area contributed by atoms with Crippen LogP contribution >= 0.6 is 0 Å². The van der Waals surface area contributed by atoms with Gasteiger partial charge in [-0.15, -0.1) is 0 Å². The summed E-state index contributed by atoms with van der Waals surface area (Å²) in [7, 11) is -2.04. The molecule has 2 N–H and O–H groups in total. The molecule has 2 aromatic heterocycles. The van der Waals surface area contributed by atoms with Crippen LogP contribution in [0.25, 0.3) is 22.6 Å². The number of nitrogens with zero attached hydrogens (tertiary/aromatic N) is 2. The molecule has 0 bridgehead atoms. The number of aromatic nitrogens is 3. The van der Waals surface area contributed by atoms with Crippen molar-refractivity contribution in [2.45, 2.75) is 64.4 Å². The van der Waals surface area contributed by atoms with Crippen molar-refractivity contribution in [1.29, 1.82) is 0 Å². The Morgan fingerprint density at radius 3 is 2.65 bits per heavy atom. The maximum Gasteiger partial charge on any atom is 0.269 e. The van der Waals surface area contributed by atoms with Gasteiger partial charge < -0.3 is 23.9 Å². The SMILES string of the molecule is C[C@H](O[Si](C)(C)C(C)(C)C)[C@@H](CCOc1cccc(-c2nc3ccccc3o2)c1)NC(=O)c1cnc[nH]1. The molecule has 0 aliphatic heterocycles. The number of hydrogen-bond acceptors (Lipinski definition) is 6. The lowest BCUT2D eigenvalue weighted by atomic mass is 10.1. The molecule has 1 amide bonds. The molecule has 2 atom stereocenters. The maximum atomic E-state index is 12.8. The van der Waals surface area contributed by atoms with Gasteiger partial charge in [0.1, 0.15) is 17.0 Å². The van der Waals surface area contributed by atoms with Gasteiger partial charge in [-0.3, -0.25) is 4.79 Å². The zero-order valence-corrected chi connectivity index (χ0v) is 23.4. The van der Waals surface area contributed by atoms with Gasteiger partial charge in [-0.05, 0) is 55.4 Å². The van der Waals surface area contributed by atoms with Crippen LogP contribution in [0.5, 0.6) is 5.75 Å². The summed E-state index contributed by atoms with van der Waals surface area (Å²) < 4.78 is 18.6. The number of amides is 1. The number of carbonyl (C=O) groups is 1. The van der Waals surface area contributed by atoms with E-state index in [9.17, 15) is 4.79 Å². The molecule has 8 nitrogen and oxygen atoms in total. The maximum absolute atomic E-state index is 12.8. The third-order valence-electron chi connectivity index (χ3n) is 6.99. The summed E-state index contributed by atoms with van der Waals surface area (Å²) in [6.45, 7) is 13.5. The summed E-state index contributed by atoms with van der Waals surface area (Å²) in [6, 6.07) is 15.1. The summed E-state index contributed by atoms with van der Waals surface area (Å²) in [5.41, 5.74) is 2.81. The van der Waals surface area contributed by atoms with Gasteiger partial charge in [-0.1, -0.05) is 39.0 Å². The van der Waals surface area contributed by atoms with Gasteiger partial charge in [-0.25, -0.2) is 9.97 Å². The second-order valence-corrected chi connectivity index (χ2v) is 15.5. The van der Waals surface area contributed by atoms with Crippen LogP contribution in [-0.2, 0) is 4.43 Å². The lowest BCUT2D eigenvalue weighted by Crippen LogP contribution is -2.51. The van der Waals surface area contributed by atoms with E-state index in [1.54, 1.807) is 0 Å². The molecular weight excluding hydrogens is 484 g/mol. The number of nitrogens with one attached hydrogen (secondary N) is 2. The Hall–Kier alpha value is -3.43. The van der Waals surface area contributed by atoms with E-state index in [0.717, 1.165) is 16.7 Å². The minimum absolute atomic E-state index is 0.0564. The summed E-state index contributed by atoms with van der Waals surface area (Å²) in [5, 5.41) is 3.17. The van der Waals surface area contributed by atoms with E-state index in [4.69, 9.17) is 13.6 Å². The number of benzene rings is 2. The zero-order valence-electron chi connectivity index (χ0n) is 22.4. The summed E-state index contributed by atoms with van der Waals surface area (Å²) in [6.07, 6.45) is 3.39. The van der Waals surface area contributed by atoms with E-state index in [0.29, 0.717) is 30.4 Å². The van der Waals surface area contributed by atoms with E-state index in [-0.39, 0.29) is 23.1 Å². The first-order valence-corrected chi connectivity index (χ1v) is 15.5.